The molecule has 8 heteroatoms. The van der Waals surface area contributed by atoms with Crippen LogP contribution in [-0.4, -0.2) is 21.7 Å². The van der Waals surface area contributed by atoms with Crippen LogP contribution in [0.5, 0.6) is 0 Å². The minimum atomic E-state index is -0.555. The van der Waals surface area contributed by atoms with E-state index in [9.17, 15) is 14.4 Å². The molecule has 8 nitrogen and oxygen atoms in total. The van der Waals surface area contributed by atoms with Crippen LogP contribution in [0.15, 0.2) is 33.5 Å². The van der Waals surface area contributed by atoms with Crippen molar-refractivity contribution in [2.45, 2.75) is 54.2 Å². The van der Waals surface area contributed by atoms with Crippen LogP contribution >= 0.6 is 0 Å². The Bertz CT molecular complexity index is 1190. The lowest BCUT2D eigenvalue weighted by atomic mass is 10.1. The summed E-state index contributed by atoms with van der Waals surface area (Å²) < 4.78 is 12.6. The number of amides is 1. The lowest BCUT2D eigenvalue weighted by Gasteiger charge is -2.10. The summed E-state index contributed by atoms with van der Waals surface area (Å²) in [6.07, 6.45) is 0.113. The number of benzene rings is 1. The highest BCUT2D eigenvalue weighted by atomic mass is 16.5. The van der Waals surface area contributed by atoms with Gasteiger partial charge in [-0.1, -0.05) is 13.8 Å². The molecule has 1 N–H and O–H groups in total. The Labute approximate surface area is 180 Å². The number of nitrogens with zero attached hydrogens (tertiary/aromatic N) is 2. The quantitative estimate of drug-likeness (QED) is 0.459. The molecule has 1 amide bonds. The van der Waals surface area contributed by atoms with Gasteiger partial charge in [-0.15, -0.1) is 0 Å². The number of aryl methyl sites for hydroxylation is 1. The van der Waals surface area contributed by atoms with Gasteiger partial charge < -0.3 is 14.5 Å². The maximum absolute atomic E-state index is 12.5. The van der Waals surface area contributed by atoms with Gasteiger partial charge in [0.2, 0.25) is 5.91 Å². The maximum Gasteiger partial charge on any atom is 0.336 e. The van der Waals surface area contributed by atoms with Gasteiger partial charge in [0.1, 0.15) is 12.2 Å². The molecule has 0 spiro atoms. The highest BCUT2D eigenvalue weighted by molar-refractivity contribution is 5.92. The second-order valence-electron chi connectivity index (χ2n) is 8.05. The van der Waals surface area contributed by atoms with Crippen molar-refractivity contribution in [3.63, 3.8) is 0 Å². The van der Waals surface area contributed by atoms with Gasteiger partial charge in [-0.05, 0) is 31.9 Å². The third-order valence-corrected chi connectivity index (χ3v) is 4.93. The summed E-state index contributed by atoms with van der Waals surface area (Å²) in [5.41, 5.74) is 3.44. The van der Waals surface area contributed by atoms with Gasteiger partial charge in [0.25, 0.3) is 0 Å². The zero-order valence-electron chi connectivity index (χ0n) is 18.4. The van der Waals surface area contributed by atoms with E-state index in [2.05, 4.69) is 24.3 Å². The van der Waals surface area contributed by atoms with Gasteiger partial charge in [0.05, 0.1) is 12.1 Å². The molecular weight excluding hydrogens is 398 g/mol. The molecule has 0 atom stereocenters. The number of carbonyl (C=O) groups excluding carboxylic acids is 2. The monoisotopic (exact) mass is 425 g/mol. The van der Waals surface area contributed by atoms with Gasteiger partial charge in [-0.3, -0.25) is 14.3 Å². The van der Waals surface area contributed by atoms with Crippen LogP contribution in [-0.2, 0) is 33.9 Å². The molecule has 0 bridgehead atoms. The summed E-state index contributed by atoms with van der Waals surface area (Å²) >= 11 is 0. The van der Waals surface area contributed by atoms with E-state index in [-0.39, 0.29) is 18.9 Å². The smallest absolute Gasteiger partial charge is 0.336 e. The number of aromatic nitrogens is 2. The van der Waals surface area contributed by atoms with Crippen LogP contribution in [0.4, 0.5) is 5.69 Å². The second kappa shape index (κ2) is 9.16. The molecule has 0 radical (unpaired) electrons. The highest BCUT2D eigenvalue weighted by Crippen LogP contribution is 2.22. The van der Waals surface area contributed by atoms with E-state index in [1.165, 1.54) is 13.0 Å². The number of rotatable bonds is 7. The zero-order valence-corrected chi connectivity index (χ0v) is 18.4. The molecule has 0 saturated heterocycles. The van der Waals surface area contributed by atoms with E-state index in [1.807, 2.05) is 18.5 Å². The van der Waals surface area contributed by atoms with Crippen molar-refractivity contribution in [1.29, 1.82) is 0 Å². The van der Waals surface area contributed by atoms with Gasteiger partial charge in [0, 0.05) is 53.5 Å². The van der Waals surface area contributed by atoms with E-state index in [0.29, 0.717) is 28.1 Å². The Hall–Kier alpha value is -3.42. The number of anilines is 1. The standard InChI is InChI=1S/C23H27N3O5/c1-13(2)11-26-15(4)20(14(3)25-26)10-22(28)30-12-17-8-23(29)31-21-9-18(24-16(5)27)6-7-19(17)21/h6-9,13H,10-12H2,1-5H3,(H,24,27). The molecule has 0 unspecified atom stereocenters. The molecule has 0 aliphatic heterocycles. The van der Waals surface area contributed by atoms with Crippen LogP contribution in [0.2, 0.25) is 0 Å². The van der Waals surface area contributed by atoms with E-state index >= 15 is 0 Å². The second-order valence-corrected chi connectivity index (χ2v) is 8.05. The van der Waals surface area contributed by atoms with Crippen LogP contribution in [0.3, 0.4) is 0 Å². The molecule has 0 saturated carbocycles. The third kappa shape index (κ3) is 5.39. The number of hydrogen-bond donors (Lipinski definition) is 1. The minimum Gasteiger partial charge on any atom is -0.461 e. The predicted molar refractivity (Wildman–Crippen MR) is 117 cm³/mol. The summed E-state index contributed by atoms with van der Waals surface area (Å²) in [6.45, 7) is 10.2. The average Bonchev–Trinajstić information content (AvgIpc) is 2.92. The van der Waals surface area contributed by atoms with Crippen LogP contribution < -0.4 is 10.9 Å². The summed E-state index contributed by atoms with van der Waals surface area (Å²) in [4.78, 5) is 35.7. The molecular formula is C23H27N3O5. The summed E-state index contributed by atoms with van der Waals surface area (Å²) in [5.74, 6) is -0.178. The molecule has 0 aliphatic carbocycles. The lowest BCUT2D eigenvalue weighted by molar-refractivity contribution is -0.144. The number of hydrogen-bond acceptors (Lipinski definition) is 6. The first-order chi connectivity index (χ1) is 14.6. The Balaban J connectivity index is 1.75. The van der Waals surface area contributed by atoms with Crippen LogP contribution in [0.1, 0.15) is 43.3 Å². The Morgan fingerprint density at radius 3 is 2.65 bits per heavy atom. The van der Waals surface area contributed by atoms with Gasteiger partial charge >= 0.3 is 11.6 Å². The van der Waals surface area contributed by atoms with Crippen molar-refractivity contribution in [1.82, 2.24) is 9.78 Å². The van der Waals surface area contributed by atoms with E-state index < -0.39 is 11.6 Å². The Kier molecular flexibility index (Phi) is 6.58. The predicted octanol–water partition coefficient (Wildman–Crippen LogP) is 3.51. The van der Waals surface area contributed by atoms with Crippen molar-refractivity contribution in [2.24, 2.45) is 5.92 Å². The number of fused-ring (bicyclic) bond motifs is 1. The largest absolute Gasteiger partial charge is 0.461 e. The first-order valence-corrected chi connectivity index (χ1v) is 10.2. The Morgan fingerprint density at radius 2 is 1.97 bits per heavy atom. The maximum atomic E-state index is 12.5. The molecule has 3 aromatic rings. The molecule has 2 aromatic heterocycles. The summed E-state index contributed by atoms with van der Waals surface area (Å²) in [7, 11) is 0. The van der Waals surface area contributed by atoms with E-state index in [4.69, 9.17) is 9.15 Å². The van der Waals surface area contributed by atoms with Crippen molar-refractivity contribution < 1.29 is 18.7 Å². The van der Waals surface area contributed by atoms with Crippen LogP contribution in [0.25, 0.3) is 11.0 Å². The van der Waals surface area contributed by atoms with Gasteiger partial charge in [-0.2, -0.15) is 5.10 Å². The molecule has 0 aliphatic rings. The summed E-state index contributed by atoms with van der Waals surface area (Å²) in [5, 5.41) is 7.81. The molecule has 2 heterocycles. The highest BCUT2D eigenvalue weighted by Gasteiger charge is 2.17. The first kappa shape index (κ1) is 22.3. The number of ether oxygens (including phenoxy) is 1. The van der Waals surface area contributed by atoms with Crippen molar-refractivity contribution >= 4 is 28.5 Å². The van der Waals surface area contributed by atoms with E-state index in [1.54, 1.807) is 18.2 Å². The Morgan fingerprint density at radius 1 is 1.23 bits per heavy atom. The van der Waals surface area contributed by atoms with E-state index in [0.717, 1.165) is 23.5 Å². The minimum absolute atomic E-state index is 0.0569. The van der Waals surface area contributed by atoms with Crippen molar-refractivity contribution in [2.75, 3.05) is 5.32 Å². The topological polar surface area (TPSA) is 103 Å². The van der Waals surface area contributed by atoms with Gasteiger partial charge in [0.15, 0.2) is 0 Å². The lowest BCUT2D eigenvalue weighted by Crippen LogP contribution is -2.12. The third-order valence-electron chi connectivity index (χ3n) is 4.93. The molecule has 164 valence electrons. The fourth-order valence-corrected chi connectivity index (χ4v) is 3.50. The zero-order chi connectivity index (χ0) is 22.7. The SMILES string of the molecule is CC(=O)Nc1ccc2c(COC(=O)Cc3c(C)nn(CC(C)C)c3C)cc(=O)oc2c1. The van der Waals surface area contributed by atoms with Crippen molar-refractivity contribution in [3.8, 4) is 0 Å². The van der Waals surface area contributed by atoms with Crippen LogP contribution in [0, 0.1) is 19.8 Å². The molecule has 1 aromatic carbocycles. The number of nitrogens with one attached hydrogen (secondary N) is 1. The average molecular weight is 425 g/mol. The molecule has 0 fully saturated rings. The first-order valence-electron chi connectivity index (χ1n) is 10.2. The van der Waals surface area contributed by atoms with Gasteiger partial charge in [-0.25, -0.2) is 4.79 Å². The fourth-order valence-electron chi connectivity index (χ4n) is 3.50. The number of esters is 1. The number of carbonyl (C=O) groups is 2. The van der Waals surface area contributed by atoms with Crippen molar-refractivity contribution in [3.05, 3.63) is 57.2 Å². The normalized spacial score (nSPS) is 11.2. The fraction of sp³-hybridized carbons (Fsp3) is 0.391. The molecule has 31 heavy (non-hydrogen) atoms. The summed E-state index contributed by atoms with van der Waals surface area (Å²) in [6, 6.07) is 6.30. The molecule has 3 rings (SSSR count).